The average molecular weight is 368 g/mol. The van der Waals surface area contributed by atoms with E-state index < -0.39 is 4.92 Å². The minimum Gasteiger partial charge on any atom is -0.319 e. The smallest absolute Gasteiger partial charge is 0.292 e. The molecular weight excluding hydrogens is 344 g/mol. The molecule has 1 aliphatic heterocycles. The average Bonchev–Trinajstić information content (AvgIpc) is 2.65. The summed E-state index contributed by atoms with van der Waals surface area (Å²) in [5.41, 5.74) is 2.78. The lowest BCUT2D eigenvalue weighted by atomic mass is 10.1. The van der Waals surface area contributed by atoms with Crippen LogP contribution >= 0.6 is 0 Å². The molecule has 0 atom stereocenters. The second-order valence-corrected chi connectivity index (χ2v) is 6.80. The molecule has 0 bridgehead atoms. The molecule has 2 aromatic carbocycles. The van der Waals surface area contributed by atoms with Crippen LogP contribution in [0.2, 0.25) is 0 Å². The van der Waals surface area contributed by atoms with Gasteiger partial charge in [0.15, 0.2) is 0 Å². The number of carbonyl (C=O) groups excluding carboxylic acids is 1. The Morgan fingerprint density at radius 1 is 1.04 bits per heavy atom. The molecule has 0 unspecified atom stereocenters. The van der Waals surface area contributed by atoms with Crippen molar-refractivity contribution in [2.45, 2.75) is 13.5 Å². The predicted molar refractivity (Wildman–Crippen MR) is 105 cm³/mol. The van der Waals surface area contributed by atoms with Crippen molar-refractivity contribution in [2.75, 3.05) is 38.0 Å². The normalized spacial score (nSPS) is 15.4. The van der Waals surface area contributed by atoms with Gasteiger partial charge in [0.2, 0.25) is 5.91 Å². The first kappa shape index (κ1) is 19.0. The van der Waals surface area contributed by atoms with Gasteiger partial charge in [-0.25, -0.2) is 0 Å². The van der Waals surface area contributed by atoms with Crippen molar-refractivity contribution in [2.24, 2.45) is 0 Å². The number of benzene rings is 2. The lowest BCUT2D eigenvalue weighted by molar-refractivity contribution is -0.383. The number of carbonyl (C=O) groups is 1. The molecule has 1 amide bonds. The Hall–Kier alpha value is -2.77. The SMILES string of the molecule is Cc1ccccc1CN1CCN(CC(=O)Nc2ccccc2[N+](=O)[O-])CC1. The maximum absolute atomic E-state index is 12.3. The molecular formula is C20H24N4O3. The van der Waals surface area contributed by atoms with Crippen LogP contribution in [-0.2, 0) is 11.3 Å². The summed E-state index contributed by atoms with van der Waals surface area (Å²) >= 11 is 0. The number of piperazine rings is 1. The summed E-state index contributed by atoms with van der Waals surface area (Å²) in [5.74, 6) is -0.225. The van der Waals surface area contributed by atoms with Gasteiger partial charge in [-0.15, -0.1) is 0 Å². The number of para-hydroxylation sites is 2. The Morgan fingerprint density at radius 2 is 1.67 bits per heavy atom. The van der Waals surface area contributed by atoms with E-state index in [0.717, 1.165) is 32.7 Å². The van der Waals surface area contributed by atoms with Crippen molar-refractivity contribution < 1.29 is 9.72 Å². The molecule has 27 heavy (non-hydrogen) atoms. The van der Waals surface area contributed by atoms with E-state index in [-0.39, 0.29) is 23.8 Å². The van der Waals surface area contributed by atoms with E-state index in [0.29, 0.717) is 0 Å². The first-order chi connectivity index (χ1) is 13.0. The highest BCUT2D eigenvalue weighted by Crippen LogP contribution is 2.23. The number of nitrogens with zero attached hydrogens (tertiary/aromatic N) is 3. The number of aryl methyl sites for hydroxylation is 1. The minimum absolute atomic E-state index is 0.0890. The second-order valence-electron chi connectivity index (χ2n) is 6.80. The Bertz CT molecular complexity index is 816. The standard InChI is InChI=1S/C20H24N4O3/c1-16-6-2-3-7-17(16)14-22-10-12-23(13-11-22)15-20(25)21-18-8-4-5-9-19(18)24(26)27/h2-9H,10-15H2,1H3,(H,21,25). The van der Waals surface area contributed by atoms with Crippen LogP contribution < -0.4 is 5.32 Å². The number of anilines is 1. The van der Waals surface area contributed by atoms with Crippen molar-refractivity contribution in [3.05, 3.63) is 69.8 Å². The van der Waals surface area contributed by atoms with Gasteiger partial charge in [0.1, 0.15) is 5.69 Å². The van der Waals surface area contributed by atoms with Crippen molar-refractivity contribution >= 4 is 17.3 Å². The number of hydrogen-bond donors (Lipinski definition) is 1. The van der Waals surface area contributed by atoms with Crippen LogP contribution in [-0.4, -0.2) is 53.4 Å². The lowest BCUT2D eigenvalue weighted by Gasteiger charge is -2.34. The summed E-state index contributed by atoms with van der Waals surface area (Å²) in [4.78, 5) is 27.3. The lowest BCUT2D eigenvalue weighted by Crippen LogP contribution is -2.48. The van der Waals surface area contributed by atoms with Crippen molar-refractivity contribution in [3.63, 3.8) is 0 Å². The Labute approximate surface area is 158 Å². The molecule has 7 nitrogen and oxygen atoms in total. The molecule has 0 aliphatic carbocycles. The van der Waals surface area contributed by atoms with Crippen LogP contribution in [0, 0.1) is 17.0 Å². The zero-order valence-corrected chi connectivity index (χ0v) is 15.4. The molecule has 1 heterocycles. The molecule has 1 aliphatic rings. The first-order valence-corrected chi connectivity index (χ1v) is 9.05. The highest BCUT2D eigenvalue weighted by Gasteiger charge is 2.21. The number of hydrogen-bond acceptors (Lipinski definition) is 5. The maximum atomic E-state index is 12.3. The molecule has 0 aromatic heterocycles. The van der Waals surface area contributed by atoms with Crippen molar-refractivity contribution in [1.29, 1.82) is 0 Å². The summed E-state index contributed by atoms with van der Waals surface area (Å²) in [6.45, 7) is 6.68. The molecule has 1 saturated heterocycles. The van der Waals surface area contributed by atoms with Crippen LogP contribution in [0.1, 0.15) is 11.1 Å². The fourth-order valence-corrected chi connectivity index (χ4v) is 3.27. The number of nitrogens with one attached hydrogen (secondary N) is 1. The molecule has 142 valence electrons. The third-order valence-electron chi connectivity index (χ3n) is 4.86. The fraction of sp³-hybridized carbons (Fsp3) is 0.350. The Morgan fingerprint density at radius 3 is 2.37 bits per heavy atom. The van der Waals surface area contributed by atoms with E-state index in [9.17, 15) is 14.9 Å². The molecule has 1 N–H and O–H groups in total. The van der Waals surface area contributed by atoms with E-state index in [1.807, 2.05) is 6.07 Å². The zero-order chi connectivity index (χ0) is 19.2. The highest BCUT2D eigenvalue weighted by molar-refractivity contribution is 5.94. The second kappa shape index (κ2) is 8.75. The summed E-state index contributed by atoms with van der Waals surface area (Å²) in [5, 5.41) is 13.7. The van der Waals surface area contributed by atoms with E-state index in [1.165, 1.54) is 17.2 Å². The largest absolute Gasteiger partial charge is 0.319 e. The summed E-state index contributed by atoms with van der Waals surface area (Å²) in [6.07, 6.45) is 0. The molecule has 7 heteroatoms. The van der Waals surface area contributed by atoms with Crippen LogP contribution in [0.5, 0.6) is 0 Å². The summed E-state index contributed by atoms with van der Waals surface area (Å²) in [6, 6.07) is 14.6. The van der Waals surface area contributed by atoms with Crippen LogP contribution in [0.15, 0.2) is 48.5 Å². The summed E-state index contributed by atoms with van der Waals surface area (Å²) in [7, 11) is 0. The topological polar surface area (TPSA) is 78.7 Å². The quantitative estimate of drug-likeness (QED) is 0.626. The van der Waals surface area contributed by atoms with Gasteiger partial charge in [0.05, 0.1) is 11.5 Å². The van der Waals surface area contributed by atoms with E-state index in [2.05, 4.69) is 40.2 Å². The molecule has 2 aromatic rings. The number of nitro groups is 1. The molecule has 0 spiro atoms. The van der Waals surface area contributed by atoms with Gasteiger partial charge in [-0.1, -0.05) is 36.4 Å². The van der Waals surface area contributed by atoms with E-state index in [1.54, 1.807) is 18.2 Å². The molecule has 0 saturated carbocycles. The highest BCUT2D eigenvalue weighted by atomic mass is 16.6. The van der Waals surface area contributed by atoms with Gasteiger partial charge in [-0.3, -0.25) is 24.7 Å². The van der Waals surface area contributed by atoms with Gasteiger partial charge in [0, 0.05) is 38.8 Å². The van der Waals surface area contributed by atoms with E-state index in [4.69, 9.17) is 0 Å². The predicted octanol–water partition coefficient (Wildman–Crippen LogP) is 2.66. The Balaban J connectivity index is 1.49. The van der Waals surface area contributed by atoms with Crippen molar-refractivity contribution in [1.82, 2.24) is 9.80 Å². The van der Waals surface area contributed by atoms with Gasteiger partial charge >= 0.3 is 0 Å². The monoisotopic (exact) mass is 368 g/mol. The van der Waals surface area contributed by atoms with Crippen LogP contribution in [0.3, 0.4) is 0 Å². The molecule has 3 rings (SSSR count). The zero-order valence-electron chi connectivity index (χ0n) is 15.4. The van der Waals surface area contributed by atoms with Gasteiger partial charge < -0.3 is 5.32 Å². The fourth-order valence-electron chi connectivity index (χ4n) is 3.27. The maximum Gasteiger partial charge on any atom is 0.292 e. The van der Waals surface area contributed by atoms with Gasteiger partial charge in [0.25, 0.3) is 5.69 Å². The number of amides is 1. The third-order valence-corrected chi connectivity index (χ3v) is 4.86. The number of nitro benzene ring substituents is 1. The number of rotatable bonds is 6. The summed E-state index contributed by atoms with van der Waals surface area (Å²) < 4.78 is 0. The molecule has 0 radical (unpaired) electrons. The van der Waals surface area contributed by atoms with Crippen LogP contribution in [0.4, 0.5) is 11.4 Å². The minimum atomic E-state index is -0.486. The third kappa shape index (κ3) is 5.12. The van der Waals surface area contributed by atoms with E-state index >= 15 is 0 Å². The molecule has 1 fully saturated rings. The Kier molecular flexibility index (Phi) is 6.16. The first-order valence-electron chi connectivity index (χ1n) is 9.05. The van der Waals surface area contributed by atoms with Crippen LogP contribution in [0.25, 0.3) is 0 Å². The van der Waals surface area contributed by atoms with Gasteiger partial charge in [-0.05, 0) is 24.1 Å². The van der Waals surface area contributed by atoms with Crippen molar-refractivity contribution in [3.8, 4) is 0 Å². The van der Waals surface area contributed by atoms with Gasteiger partial charge in [-0.2, -0.15) is 0 Å².